The molecule has 3 N–H and O–H groups in total. The van der Waals surface area contributed by atoms with Crippen molar-refractivity contribution in [2.75, 3.05) is 12.8 Å². The molecule has 0 aliphatic carbocycles. The molecule has 0 saturated heterocycles. The van der Waals surface area contributed by atoms with E-state index in [1.54, 1.807) is 11.8 Å². The maximum absolute atomic E-state index is 11.1. The van der Waals surface area contributed by atoms with Gasteiger partial charge in [0.2, 0.25) is 5.91 Å². The first-order chi connectivity index (χ1) is 5.61. The summed E-state index contributed by atoms with van der Waals surface area (Å²) in [6, 6.07) is -0.348. The molecule has 72 valence electrons. The van der Waals surface area contributed by atoms with Gasteiger partial charge in [-0.25, -0.2) is 0 Å². The van der Waals surface area contributed by atoms with Gasteiger partial charge in [-0.3, -0.25) is 4.79 Å². The molecule has 0 spiro atoms. The number of carbonyl (C=O) groups excluding carboxylic acids is 1. The van der Waals surface area contributed by atoms with E-state index in [4.69, 9.17) is 5.73 Å². The second-order valence-corrected chi connectivity index (χ2v) is 4.08. The minimum absolute atomic E-state index is 0.0431. The molecule has 4 heteroatoms. The molecule has 0 fully saturated rings. The molecule has 0 heterocycles. The van der Waals surface area contributed by atoms with Crippen LogP contribution in [0.4, 0.5) is 0 Å². The summed E-state index contributed by atoms with van der Waals surface area (Å²) in [5, 5.41) is 3.26. The van der Waals surface area contributed by atoms with Gasteiger partial charge >= 0.3 is 0 Å². The van der Waals surface area contributed by atoms with E-state index in [0.717, 1.165) is 0 Å². The van der Waals surface area contributed by atoms with Gasteiger partial charge in [0.15, 0.2) is 0 Å². The molecule has 12 heavy (non-hydrogen) atoms. The number of nitrogens with two attached hydrogens (primary N) is 1. The fraction of sp³-hybridized carbons (Fsp3) is 0.875. The Morgan fingerprint density at radius 1 is 1.67 bits per heavy atom. The fourth-order valence-corrected chi connectivity index (χ4v) is 0.894. The van der Waals surface area contributed by atoms with Gasteiger partial charge in [-0.05, 0) is 12.7 Å². The molecule has 0 radical (unpaired) electrons. The van der Waals surface area contributed by atoms with Crippen molar-refractivity contribution in [3.63, 3.8) is 0 Å². The Morgan fingerprint density at radius 3 is 2.67 bits per heavy atom. The van der Waals surface area contributed by atoms with Crippen molar-refractivity contribution in [3.05, 3.63) is 0 Å². The molecule has 0 aliphatic heterocycles. The highest BCUT2D eigenvalue weighted by Gasteiger charge is 2.10. The minimum atomic E-state index is -0.348. The third-order valence-electron chi connectivity index (χ3n) is 1.74. The highest BCUT2D eigenvalue weighted by atomic mass is 32.2. The number of nitrogens with one attached hydrogen (secondary N) is 1. The van der Waals surface area contributed by atoms with Crippen LogP contribution in [0.5, 0.6) is 0 Å². The molecule has 0 saturated carbocycles. The van der Waals surface area contributed by atoms with Crippen LogP contribution in [0.15, 0.2) is 0 Å². The van der Waals surface area contributed by atoms with Crippen LogP contribution in [-0.2, 0) is 4.79 Å². The van der Waals surface area contributed by atoms with Crippen molar-refractivity contribution in [1.82, 2.24) is 5.32 Å². The normalized spacial score (nSPS) is 15.3. The van der Waals surface area contributed by atoms with Gasteiger partial charge < -0.3 is 11.1 Å². The van der Waals surface area contributed by atoms with E-state index >= 15 is 0 Å². The molecule has 0 bridgehead atoms. The van der Waals surface area contributed by atoms with Crippen LogP contribution >= 0.6 is 11.8 Å². The molecule has 0 aliphatic rings. The Morgan fingerprint density at radius 2 is 2.25 bits per heavy atom. The zero-order valence-electron chi connectivity index (χ0n) is 7.96. The van der Waals surface area contributed by atoms with Crippen molar-refractivity contribution in [1.29, 1.82) is 0 Å². The molecule has 0 aromatic heterocycles. The Balaban J connectivity index is 3.56. The number of hydrogen-bond acceptors (Lipinski definition) is 3. The van der Waals surface area contributed by atoms with Gasteiger partial charge in [0.1, 0.15) is 0 Å². The quantitative estimate of drug-likeness (QED) is 0.667. The van der Waals surface area contributed by atoms with Gasteiger partial charge in [-0.1, -0.05) is 13.8 Å². The van der Waals surface area contributed by atoms with Crippen molar-refractivity contribution >= 4 is 17.7 Å². The van der Waals surface area contributed by atoms with Crippen LogP contribution < -0.4 is 11.1 Å². The van der Waals surface area contributed by atoms with E-state index in [0.29, 0.717) is 18.2 Å². The van der Waals surface area contributed by atoms with E-state index in [2.05, 4.69) is 12.2 Å². The highest BCUT2D eigenvalue weighted by molar-refractivity contribution is 7.99. The first kappa shape index (κ1) is 11.8. The predicted octanol–water partition coefficient (Wildman–Crippen LogP) is 0.591. The van der Waals surface area contributed by atoms with Crippen LogP contribution in [-0.4, -0.2) is 30.0 Å². The molecule has 3 nitrogen and oxygen atoms in total. The molecular formula is C8H18N2OS. The highest BCUT2D eigenvalue weighted by Crippen LogP contribution is 2.02. The molecule has 0 aromatic carbocycles. The van der Waals surface area contributed by atoms with Crippen LogP contribution in [0.25, 0.3) is 0 Å². The summed E-state index contributed by atoms with van der Waals surface area (Å²) in [6.07, 6.45) is 2.72. The van der Waals surface area contributed by atoms with Gasteiger partial charge in [0.25, 0.3) is 0 Å². The lowest BCUT2D eigenvalue weighted by atomic mass is 10.2. The molecule has 0 rings (SSSR count). The van der Waals surface area contributed by atoms with Gasteiger partial charge in [0, 0.05) is 11.8 Å². The maximum atomic E-state index is 11.1. The smallest absolute Gasteiger partial charge is 0.236 e. The number of carbonyl (C=O) groups is 1. The second kappa shape index (κ2) is 6.31. The summed E-state index contributed by atoms with van der Waals surface area (Å²) in [5.41, 5.74) is 5.53. The van der Waals surface area contributed by atoms with Crippen LogP contribution in [0.3, 0.4) is 0 Å². The van der Waals surface area contributed by atoms with Crippen molar-refractivity contribution in [2.24, 2.45) is 5.73 Å². The van der Waals surface area contributed by atoms with E-state index in [-0.39, 0.29) is 11.9 Å². The van der Waals surface area contributed by atoms with Crippen molar-refractivity contribution in [3.8, 4) is 0 Å². The van der Waals surface area contributed by atoms with E-state index < -0.39 is 0 Å². The third kappa shape index (κ3) is 4.62. The minimum Gasteiger partial charge on any atom is -0.354 e. The number of hydrogen-bond donors (Lipinski definition) is 2. The summed E-state index contributed by atoms with van der Waals surface area (Å²) in [5.74, 6) is -0.0431. The Hall–Kier alpha value is -0.220. The first-order valence-corrected chi connectivity index (χ1v) is 5.46. The predicted molar refractivity (Wildman–Crippen MR) is 54.3 cm³/mol. The zero-order chi connectivity index (χ0) is 9.56. The standard InChI is InChI=1S/C8H18N2OS/c1-4-7(9)8(11)10-5-6(2)12-3/h6-7H,4-5,9H2,1-3H3,(H,10,11)/t6?,7-/m1/s1. The summed E-state index contributed by atoms with van der Waals surface area (Å²) in [4.78, 5) is 11.1. The number of amides is 1. The molecule has 2 atom stereocenters. The average Bonchev–Trinajstić information content (AvgIpc) is 2.11. The molecular weight excluding hydrogens is 172 g/mol. The Labute approximate surface area is 78.5 Å². The van der Waals surface area contributed by atoms with E-state index in [9.17, 15) is 4.79 Å². The largest absolute Gasteiger partial charge is 0.354 e. The average molecular weight is 190 g/mol. The molecule has 1 unspecified atom stereocenters. The number of rotatable bonds is 5. The van der Waals surface area contributed by atoms with Crippen molar-refractivity contribution < 1.29 is 4.79 Å². The summed E-state index contributed by atoms with van der Waals surface area (Å²) in [6.45, 7) is 4.68. The van der Waals surface area contributed by atoms with E-state index in [1.165, 1.54) is 0 Å². The maximum Gasteiger partial charge on any atom is 0.236 e. The summed E-state index contributed by atoms with van der Waals surface area (Å²) in [7, 11) is 0. The summed E-state index contributed by atoms with van der Waals surface area (Å²) < 4.78 is 0. The van der Waals surface area contributed by atoms with Gasteiger partial charge in [0.05, 0.1) is 6.04 Å². The topological polar surface area (TPSA) is 55.1 Å². The van der Waals surface area contributed by atoms with Crippen LogP contribution in [0.2, 0.25) is 0 Å². The zero-order valence-corrected chi connectivity index (χ0v) is 8.78. The van der Waals surface area contributed by atoms with Crippen molar-refractivity contribution in [2.45, 2.75) is 31.6 Å². The second-order valence-electron chi connectivity index (χ2n) is 2.81. The third-order valence-corrected chi connectivity index (χ3v) is 2.71. The monoisotopic (exact) mass is 190 g/mol. The van der Waals surface area contributed by atoms with Gasteiger partial charge in [-0.2, -0.15) is 11.8 Å². The SMILES string of the molecule is CC[C@@H](N)C(=O)NCC(C)SC. The number of thioether (sulfide) groups is 1. The fourth-order valence-electron chi connectivity index (χ4n) is 0.644. The Kier molecular flexibility index (Phi) is 6.20. The van der Waals surface area contributed by atoms with Crippen LogP contribution in [0.1, 0.15) is 20.3 Å². The van der Waals surface area contributed by atoms with E-state index in [1.807, 2.05) is 13.2 Å². The molecule has 0 aromatic rings. The lowest BCUT2D eigenvalue weighted by Gasteiger charge is -2.12. The van der Waals surface area contributed by atoms with Crippen LogP contribution in [0, 0.1) is 0 Å². The molecule has 1 amide bonds. The lowest BCUT2D eigenvalue weighted by molar-refractivity contribution is -0.122. The Bertz CT molecular complexity index is 141. The lowest BCUT2D eigenvalue weighted by Crippen LogP contribution is -2.42. The summed E-state index contributed by atoms with van der Waals surface area (Å²) >= 11 is 1.73. The first-order valence-electron chi connectivity index (χ1n) is 4.17. The van der Waals surface area contributed by atoms with Gasteiger partial charge in [-0.15, -0.1) is 0 Å².